The monoisotopic (exact) mass is 392 g/mol. The van der Waals surface area contributed by atoms with Crippen molar-refractivity contribution in [1.82, 2.24) is 3.82 Å². The van der Waals surface area contributed by atoms with E-state index < -0.39 is 11.0 Å². The SMILES string of the molecule is NN(Sc1ccc(F)cc1)S(=O)CCSI. The summed E-state index contributed by atoms with van der Waals surface area (Å²) in [6.07, 6.45) is 0. The summed E-state index contributed by atoms with van der Waals surface area (Å²) in [5, 5.41) is 0. The molecule has 8 heteroatoms. The number of halogens is 2. The Balaban J connectivity index is 2.47. The molecule has 0 aliphatic carbocycles. The van der Waals surface area contributed by atoms with Crippen molar-refractivity contribution in [2.24, 2.45) is 5.84 Å². The molecule has 1 unspecified atom stereocenters. The van der Waals surface area contributed by atoms with Gasteiger partial charge < -0.3 is 0 Å². The molecular formula is C8H10FIN2OS3. The summed E-state index contributed by atoms with van der Waals surface area (Å²) in [6, 6.07) is 5.90. The average molecular weight is 392 g/mol. The second-order valence-corrected chi connectivity index (χ2v) is 7.89. The van der Waals surface area contributed by atoms with Crippen LogP contribution in [-0.2, 0) is 11.0 Å². The van der Waals surface area contributed by atoms with Gasteiger partial charge in [-0.3, -0.25) is 0 Å². The third kappa shape index (κ3) is 5.32. The number of benzene rings is 1. The van der Waals surface area contributed by atoms with Gasteiger partial charge in [-0.15, -0.1) is 0 Å². The van der Waals surface area contributed by atoms with Gasteiger partial charge in [-0.1, -0.05) is 12.8 Å². The zero-order valence-electron chi connectivity index (χ0n) is 8.14. The Morgan fingerprint density at radius 2 is 2.06 bits per heavy atom. The highest BCUT2D eigenvalue weighted by molar-refractivity contribution is 14.2. The molecule has 0 aromatic heterocycles. The lowest BCUT2D eigenvalue weighted by Gasteiger charge is -2.13. The van der Waals surface area contributed by atoms with E-state index in [1.165, 1.54) is 16.0 Å². The van der Waals surface area contributed by atoms with Gasteiger partial charge in [0, 0.05) is 10.6 Å². The summed E-state index contributed by atoms with van der Waals surface area (Å²) in [5.74, 6) is 6.62. The minimum atomic E-state index is -1.22. The molecule has 90 valence electrons. The molecule has 0 amide bonds. The van der Waals surface area contributed by atoms with Crippen molar-refractivity contribution in [3.05, 3.63) is 30.1 Å². The Morgan fingerprint density at radius 1 is 1.44 bits per heavy atom. The quantitative estimate of drug-likeness (QED) is 0.350. The molecule has 0 fully saturated rings. The third-order valence-corrected chi connectivity index (χ3v) is 5.82. The highest BCUT2D eigenvalue weighted by Gasteiger charge is 2.10. The Labute approximate surface area is 117 Å². The maximum absolute atomic E-state index is 12.6. The van der Waals surface area contributed by atoms with Crippen molar-refractivity contribution in [2.45, 2.75) is 4.90 Å². The number of hydrogen-bond acceptors (Lipinski definition) is 4. The van der Waals surface area contributed by atoms with Crippen LogP contribution in [0.2, 0.25) is 0 Å². The van der Waals surface area contributed by atoms with E-state index in [9.17, 15) is 8.60 Å². The predicted octanol–water partition coefficient (Wildman–Crippen LogP) is 2.76. The van der Waals surface area contributed by atoms with Crippen LogP contribution in [0.5, 0.6) is 0 Å². The van der Waals surface area contributed by atoms with Crippen LogP contribution in [0.15, 0.2) is 29.2 Å². The zero-order valence-corrected chi connectivity index (χ0v) is 12.7. The van der Waals surface area contributed by atoms with Crippen LogP contribution in [-0.4, -0.2) is 19.5 Å². The molecule has 0 spiro atoms. The van der Waals surface area contributed by atoms with Gasteiger partial charge in [0.25, 0.3) is 0 Å². The molecule has 0 saturated heterocycles. The van der Waals surface area contributed by atoms with Gasteiger partial charge >= 0.3 is 0 Å². The van der Waals surface area contributed by atoms with E-state index in [-0.39, 0.29) is 5.82 Å². The van der Waals surface area contributed by atoms with E-state index in [1.807, 2.05) is 0 Å². The molecule has 1 atom stereocenters. The van der Waals surface area contributed by atoms with Crippen LogP contribution in [0.1, 0.15) is 0 Å². The normalized spacial score (nSPS) is 13.0. The fourth-order valence-electron chi connectivity index (χ4n) is 0.834. The first-order valence-corrected chi connectivity index (χ1v) is 9.81. The maximum Gasteiger partial charge on any atom is 0.123 e. The molecule has 2 N–H and O–H groups in total. The fourth-order valence-corrected chi connectivity index (χ4v) is 4.73. The van der Waals surface area contributed by atoms with Crippen LogP contribution in [0.25, 0.3) is 0 Å². The predicted molar refractivity (Wildman–Crippen MR) is 77.8 cm³/mol. The van der Waals surface area contributed by atoms with Gasteiger partial charge in [-0.25, -0.2) is 14.4 Å². The summed E-state index contributed by atoms with van der Waals surface area (Å²) >= 11 is 3.29. The molecule has 0 aliphatic rings. The lowest BCUT2D eigenvalue weighted by atomic mass is 10.4. The third-order valence-electron chi connectivity index (χ3n) is 1.54. The number of hydrazine groups is 1. The molecule has 3 nitrogen and oxygen atoms in total. The lowest BCUT2D eigenvalue weighted by Crippen LogP contribution is -2.28. The Morgan fingerprint density at radius 3 is 2.62 bits per heavy atom. The summed E-state index contributed by atoms with van der Waals surface area (Å²) < 4.78 is 25.4. The fraction of sp³-hybridized carbons (Fsp3) is 0.250. The second kappa shape index (κ2) is 7.88. The van der Waals surface area contributed by atoms with Crippen LogP contribution in [0.4, 0.5) is 4.39 Å². The summed E-state index contributed by atoms with van der Waals surface area (Å²) in [4.78, 5) is 0.763. The Kier molecular flexibility index (Phi) is 7.24. The molecular weight excluding hydrogens is 382 g/mol. The number of nitrogens with two attached hydrogens (primary N) is 1. The van der Waals surface area contributed by atoms with E-state index in [1.54, 1.807) is 21.1 Å². The van der Waals surface area contributed by atoms with Crippen molar-refractivity contribution < 1.29 is 8.60 Å². The van der Waals surface area contributed by atoms with Crippen molar-refractivity contribution in [1.29, 1.82) is 0 Å². The summed E-state index contributed by atoms with van der Waals surface area (Å²) in [7, 11) is 0.376. The van der Waals surface area contributed by atoms with Gasteiger partial charge in [0.15, 0.2) is 0 Å². The molecule has 16 heavy (non-hydrogen) atoms. The van der Waals surface area contributed by atoms with Gasteiger partial charge in [-0.2, -0.15) is 0 Å². The number of nitrogens with zero attached hydrogens (tertiary/aromatic N) is 1. The molecule has 1 aromatic rings. The van der Waals surface area contributed by atoms with Crippen molar-refractivity contribution >= 4 is 53.1 Å². The van der Waals surface area contributed by atoms with Crippen LogP contribution in [0, 0.1) is 5.82 Å². The Hall–Kier alpha value is 0.650. The molecule has 1 rings (SSSR count). The van der Waals surface area contributed by atoms with Crippen molar-refractivity contribution in [3.8, 4) is 0 Å². The summed E-state index contributed by atoms with van der Waals surface area (Å²) in [6.45, 7) is 0. The van der Waals surface area contributed by atoms with Gasteiger partial charge in [0.1, 0.15) is 16.8 Å². The highest BCUT2D eigenvalue weighted by atomic mass is 127. The van der Waals surface area contributed by atoms with E-state index in [4.69, 9.17) is 5.84 Å². The molecule has 0 radical (unpaired) electrons. The molecule has 1 aromatic carbocycles. The number of hydrogen-bond donors (Lipinski definition) is 1. The van der Waals surface area contributed by atoms with Crippen LogP contribution < -0.4 is 5.84 Å². The minimum Gasteiger partial charge on any atom is -0.246 e. The van der Waals surface area contributed by atoms with E-state index >= 15 is 0 Å². The number of rotatable bonds is 6. The Bertz CT molecular complexity index is 352. The first-order chi connectivity index (χ1) is 7.63. The van der Waals surface area contributed by atoms with Crippen LogP contribution in [0.3, 0.4) is 0 Å². The maximum atomic E-state index is 12.6. The molecule has 0 bridgehead atoms. The first kappa shape index (κ1) is 14.7. The van der Waals surface area contributed by atoms with Gasteiger partial charge in [0.2, 0.25) is 0 Å². The van der Waals surface area contributed by atoms with Gasteiger partial charge in [-0.05, 0) is 57.4 Å². The van der Waals surface area contributed by atoms with E-state index in [0.717, 1.165) is 22.6 Å². The smallest absolute Gasteiger partial charge is 0.123 e. The first-order valence-electron chi connectivity index (χ1n) is 4.24. The minimum absolute atomic E-state index is 0.296. The van der Waals surface area contributed by atoms with E-state index in [0.29, 0.717) is 5.75 Å². The molecule has 0 saturated carbocycles. The van der Waals surface area contributed by atoms with Gasteiger partial charge in [0.05, 0.1) is 5.75 Å². The van der Waals surface area contributed by atoms with Crippen molar-refractivity contribution in [2.75, 3.05) is 11.5 Å². The van der Waals surface area contributed by atoms with Crippen molar-refractivity contribution in [3.63, 3.8) is 0 Å². The van der Waals surface area contributed by atoms with E-state index in [2.05, 4.69) is 21.2 Å². The largest absolute Gasteiger partial charge is 0.246 e. The van der Waals surface area contributed by atoms with Crippen LogP contribution >= 0.6 is 42.1 Å². The lowest BCUT2D eigenvalue weighted by molar-refractivity contribution is 0.626. The summed E-state index contributed by atoms with van der Waals surface area (Å²) in [5.41, 5.74) is 0. The molecule has 0 aliphatic heterocycles. The topological polar surface area (TPSA) is 46.3 Å². The standard InChI is InChI=1S/C8H10FIN2OS3/c9-7-1-3-8(4-2-7)15-12(11)16(13)6-5-14-10/h1-4H,5-6,11H2. The highest BCUT2D eigenvalue weighted by Crippen LogP contribution is 2.21. The molecule has 0 heterocycles. The second-order valence-electron chi connectivity index (χ2n) is 2.67. The average Bonchev–Trinajstić information content (AvgIpc) is 2.29. The zero-order chi connectivity index (χ0) is 12.0.